The molecule has 0 heterocycles. The summed E-state index contributed by atoms with van der Waals surface area (Å²) in [4.78, 5) is 0. The Morgan fingerprint density at radius 2 is 1.71 bits per heavy atom. The van der Waals surface area contributed by atoms with E-state index in [-0.39, 0.29) is 5.54 Å². The van der Waals surface area contributed by atoms with Crippen molar-refractivity contribution in [1.82, 2.24) is 0 Å². The zero-order valence-corrected chi connectivity index (χ0v) is 11.5. The highest BCUT2D eigenvalue weighted by Gasteiger charge is 2.53. The zero-order valence-electron chi connectivity index (χ0n) is 11.5. The average Bonchev–Trinajstić information content (AvgIpc) is 2.29. The zero-order chi connectivity index (χ0) is 11.9. The lowest BCUT2D eigenvalue weighted by atomic mass is 9.49. The molecule has 17 heavy (non-hydrogen) atoms. The third-order valence-electron chi connectivity index (χ3n) is 6.22. The van der Waals surface area contributed by atoms with Gasteiger partial charge in [-0.15, -0.1) is 0 Å². The summed E-state index contributed by atoms with van der Waals surface area (Å²) < 4.78 is 0. The first kappa shape index (κ1) is 12.0. The fraction of sp³-hybridized carbons (Fsp3) is 1.00. The molecular weight excluding hydrogens is 206 g/mol. The average molecular weight is 235 g/mol. The molecule has 1 nitrogen and oxygen atoms in total. The third kappa shape index (κ3) is 1.95. The topological polar surface area (TPSA) is 26.0 Å². The largest absolute Gasteiger partial charge is 0.325 e. The van der Waals surface area contributed by atoms with Crippen LogP contribution < -0.4 is 5.73 Å². The van der Waals surface area contributed by atoms with Crippen LogP contribution in [0.25, 0.3) is 0 Å². The summed E-state index contributed by atoms with van der Waals surface area (Å²) in [5.74, 6) is 1.94. The van der Waals surface area contributed by atoms with Crippen molar-refractivity contribution in [2.75, 3.05) is 0 Å². The van der Waals surface area contributed by atoms with Gasteiger partial charge in [0, 0.05) is 5.54 Å². The van der Waals surface area contributed by atoms with Crippen molar-refractivity contribution < 1.29 is 0 Å². The molecule has 1 heteroatoms. The van der Waals surface area contributed by atoms with Crippen molar-refractivity contribution >= 4 is 0 Å². The highest BCUT2D eigenvalue weighted by Crippen LogP contribution is 2.58. The van der Waals surface area contributed by atoms with Gasteiger partial charge in [0.2, 0.25) is 0 Å². The Hall–Kier alpha value is -0.0400. The van der Waals surface area contributed by atoms with Crippen molar-refractivity contribution in [2.24, 2.45) is 23.0 Å². The summed E-state index contributed by atoms with van der Waals surface area (Å²) in [5.41, 5.74) is 7.68. The molecule has 0 aromatic rings. The van der Waals surface area contributed by atoms with Crippen LogP contribution in [-0.2, 0) is 0 Å². The van der Waals surface area contributed by atoms with E-state index in [1.165, 1.54) is 70.6 Å². The van der Waals surface area contributed by atoms with Gasteiger partial charge in [0.25, 0.3) is 0 Å². The number of hydrogen-bond donors (Lipinski definition) is 1. The van der Waals surface area contributed by atoms with Crippen molar-refractivity contribution in [3.05, 3.63) is 0 Å². The quantitative estimate of drug-likeness (QED) is 0.722. The Kier molecular flexibility index (Phi) is 3.01. The highest BCUT2D eigenvalue weighted by atomic mass is 14.8. The molecule has 3 aliphatic rings. The lowest BCUT2D eigenvalue weighted by Gasteiger charge is -2.58. The van der Waals surface area contributed by atoms with Crippen LogP contribution in [0.5, 0.6) is 0 Å². The van der Waals surface area contributed by atoms with E-state index in [4.69, 9.17) is 5.73 Å². The maximum absolute atomic E-state index is 6.94. The Balaban J connectivity index is 1.86. The number of nitrogens with two attached hydrogens (primary N) is 1. The molecule has 3 aliphatic carbocycles. The van der Waals surface area contributed by atoms with Crippen molar-refractivity contribution in [1.29, 1.82) is 0 Å². The van der Waals surface area contributed by atoms with E-state index in [2.05, 4.69) is 6.92 Å². The van der Waals surface area contributed by atoms with Crippen LogP contribution in [0.15, 0.2) is 0 Å². The predicted octanol–water partition coefficient (Wildman–Crippen LogP) is 4.25. The van der Waals surface area contributed by atoms with Gasteiger partial charge in [-0.2, -0.15) is 0 Å². The van der Waals surface area contributed by atoms with Gasteiger partial charge in [-0.1, -0.05) is 39.0 Å². The third-order valence-corrected chi connectivity index (χ3v) is 6.22. The summed E-state index contributed by atoms with van der Waals surface area (Å²) in [6.07, 6.45) is 15.6. The van der Waals surface area contributed by atoms with E-state index in [0.29, 0.717) is 5.41 Å². The van der Waals surface area contributed by atoms with E-state index < -0.39 is 0 Å². The van der Waals surface area contributed by atoms with Gasteiger partial charge in [0.15, 0.2) is 0 Å². The molecule has 2 bridgehead atoms. The highest BCUT2D eigenvalue weighted by molar-refractivity contribution is 5.08. The van der Waals surface area contributed by atoms with Crippen molar-refractivity contribution in [3.8, 4) is 0 Å². The minimum atomic E-state index is 0.207. The van der Waals surface area contributed by atoms with E-state index in [1.807, 2.05) is 0 Å². The Labute approximate surface area is 107 Å². The first-order valence-electron chi connectivity index (χ1n) is 7.93. The van der Waals surface area contributed by atoms with Crippen LogP contribution in [0.3, 0.4) is 0 Å². The van der Waals surface area contributed by atoms with Gasteiger partial charge >= 0.3 is 0 Å². The molecule has 3 saturated carbocycles. The SMILES string of the molecule is CC1CC2CCCC(C3(N)CCCCC3)(C1)C2. The van der Waals surface area contributed by atoms with Gasteiger partial charge in [-0.05, 0) is 55.8 Å². The maximum Gasteiger partial charge on any atom is 0.0211 e. The van der Waals surface area contributed by atoms with Gasteiger partial charge < -0.3 is 5.73 Å². The first-order chi connectivity index (χ1) is 8.14. The monoisotopic (exact) mass is 235 g/mol. The first-order valence-corrected chi connectivity index (χ1v) is 7.93. The summed E-state index contributed by atoms with van der Waals surface area (Å²) in [5, 5.41) is 0. The molecule has 3 rings (SSSR count). The standard InChI is InChI=1S/C16H29N/c1-13-10-14-6-5-7-15(11-13,12-14)16(17)8-3-2-4-9-16/h13-14H,2-12,17H2,1H3. The van der Waals surface area contributed by atoms with Crippen LogP contribution in [0.4, 0.5) is 0 Å². The number of fused-ring (bicyclic) bond motifs is 2. The normalized spacial score (nSPS) is 45.5. The van der Waals surface area contributed by atoms with Crippen LogP contribution >= 0.6 is 0 Å². The summed E-state index contributed by atoms with van der Waals surface area (Å²) in [6, 6.07) is 0. The number of rotatable bonds is 1. The summed E-state index contributed by atoms with van der Waals surface area (Å²) in [6.45, 7) is 2.47. The molecule has 3 fully saturated rings. The molecule has 2 N–H and O–H groups in total. The van der Waals surface area contributed by atoms with E-state index in [9.17, 15) is 0 Å². The van der Waals surface area contributed by atoms with Gasteiger partial charge in [0.05, 0.1) is 0 Å². The molecule has 98 valence electrons. The molecule has 0 amide bonds. The lowest BCUT2D eigenvalue weighted by molar-refractivity contribution is -0.0391. The van der Waals surface area contributed by atoms with Crippen LogP contribution in [0.2, 0.25) is 0 Å². The van der Waals surface area contributed by atoms with Crippen LogP contribution in [0.1, 0.15) is 77.6 Å². The van der Waals surface area contributed by atoms with Crippen LogP contribution in [0, 0.1) is 17.3 Å². The second kappa shape index (κ2) is 4.26. The Bertz CT molecular complexity index is 275. The lowest BCUT2D eigenvalue weighted by Crippen LogP contribution is -2.60. The molecule has 3 atom stereocenters. The van der Waals surface area contributed by atoms with E-state index in [0.717, 1.165) is 11.8 Å². The predicted molar refractivity (Wildman–Crippen MR) is 72.8 cm³/mol. The molecule has 0 saturated heterocycles. The molecule has 0 radical (unpaired) electrons. The molecule has 0 spiro atoms. The van der Waals surface area contributed by atoms with Gasteiger partial charge in [-0.3, -0.25) is 0 Å². The fourth-order valence-electron chi connectivity index (χ4n) is 5.56. The second-order valence-corrected chi connectivity index (χ2v) is 7.50. The summed E-state index contributed by atoms with van der Waals surface area (Å²) >= 11 is 0. The molecule has 0 aromatic heterocycles. The van der Waals surface area contributed by atoms with Crippen molar-refractivity contribution in [3.63, 3.8) is 0 Å². The second-order valence-electron chi connectivity index (χ2n) is 7.50. The summed E-state index contributed by atoms with van der Waals surface area (Å²) in [7, 11) is 0. The Morgan fingerprint density at radius 1 is 0.941 bits per heavy atom. The van der Waals surface area contributed by atoms with Crippen LogP contribution in [-0.4, -0.2) is 5.54 Å². The molecule has 3 unspecified atom stereocenters. The van der Waals surface area contributed by atoms with Gasteiger partial charge in [0.1, 0.15) is 0 Å². The fourth-order valence-corrected chi connectivity index (χ4v) is 5.56. The Morgan fingerprint density at radius 3 is 2.47 bits per heavy atom. The van der Waals surface area contributed by atoms with Gasteiger partial charge in [-0.25, -0.2) is 0 Å². The number of hydrogen-bond acceptors (Lipinski definition) is 1. The van der Waals surface area contributed by atoms with E-state index >= 15 is 0 Å². The molecule has 0 aliphatic heterocycles. The smallest absolute Gasteiger partial charge is 0.0211 e. The minimum Gasteiger partial charge on any atom is -0.325 e. The van der Waals surface area contributed by atoms with E-state index in [1.54, 1.807) is 0 Å². The minimum absolute atomic E-state index is 0.207. The maximum atomic E-state index is 6.94. The molecule has 0 aromatic carbocycles. The molecular formula is C16H29N. The van der Waals surface area contributed by atoms with Crippen molar-refractivity contribution in [2.45, 2.75) is 83.1 Å².